The van der Waals surface area contributed by atoms with E-state index in [4.69, 9.17) is 4.98 Å². The van der Waals surface area contributed by atoms with Gasteiger partial charge in [0.2, 0.25) is 0 Å². The lowest BCUT2D eigenvalue weighted by atomic mass is 9.89. The Morgan fingerprint density at radius 1 is 1.16 bits per heavy atom. The van der Waals surface area contributed by atoms with Crippen LogP contribution in [0.15, 0.2) is 29.2 Å². The van der Waals surface area contributed by atoms with E-state index < -0.39 is 0 Å². The molecular weight excluding hydrogens is 254 g/mol. The summed E-state index contributed by atoms with van der Waals surface area (Å²) in [5.41, 5.74) is 1.13. The fourth-order valence-electron chi connectivity index (χ4n) is 2.78. The number of benzene rings is 1. The van der Waals surface area contributed by atoms with Crippen molar-refractivity contribution in [2.24, 2.45) is 0 Å². The fraction of sp³-hybridized carbons (Fsp3) is 0.467. The average molecular weight is 273 g/mol. The van der Waals surface area contributed by atoms with E-state index in [1.54, 1.807) is 11.8 Å². The summed E-state index contributed by atoms with van der Waals surface area (Å²) in [6.07, 6.45) is 8.60. The zero-order chi connectivity index (χ0) is 13.1. The Balaban J connectivity index is 1.88. The summed E-state index contributed by atoms with van der Waals surface area (Å²) < 4.78 is 0. The van der Waals surface area contributed by atoms with Crippen LogP contribution in [-0.2, 0) is 0 Å². The van der Waals surface area contributed by atoms with Crippen LogP contribution in [0, 0.1) is 0 Å². The number of hydrogen-bond acceptors (Lipinski definition) is 3. The van der Waals surface area contributed by atoms with E-state index in [1.807, 2.05) is 6.07 Å². The van der Waals surface area contributed by atoms with Crippen molar-refractivity contribution in [1.29, 1.82) is 0 Å². The molecule has 0 atom stereocenters. The fourth-order valence-corrected chi connectivity index (χ4v) is 3.38. The molecule has 4 heteroatoms. The van der Waals surface area contributed by atoms with Gasteiger partial charge in [-0.3, -0.25) is 5.10 Å². The van der Waals surface area contributed by atoms with Crippen LogP contribution in [0.25, 0.3) is 11.4 Å². The normalized spacial score (nSPS) is 16.7. The molecule has 1 aliphatic carbocycles. The Kier molecular flexibility index (Phi) is 3.87. The van der Waals surface area contributed by atoms with Gasteiger partial charge in [0.1, 0.15) is 5.82 Å². The van der Waals surface area contributed by atoms with E-state index >= 15 is 0 Å². The van der Waals surface area contributed by atoms with Gasteiger partial charge in [-0.15, -0.1) is 11.8 Å². The molecule has 1 aromatic heterocycles. The highest BCUT2D eigenvalue weighted by Gasteiger charge is 2.20. The summed E-state index contributed by atoms with van der Waals surface area (Å²) in [6.45, 7) is 0. The van der Waals surface area contributed by atoms with Crippen molar-refractivity contribution in [3.05, 3.63) is 30.1 Å². The summed E-state index contributed by atoms with van der Waals surface area (Å²) in [4.78, 5) is 5.97. The maximum absolute atomic E-state index is 4.73. The minimum Gasteiger partial charge on any atom is -0.262 e. The molecule has 2 aromatic rings. The van der Waals surface area contributed by atoms with Crippen molar-refractivity contribution in [2.75, 3.05) is 6.26 Å². The van der Waals surface area contributed by atoms with Crippen molar-refractivity contribution in [3.63, 3.8) is 0 Å². The topological polar surface area (TPSA) is 41.6 Å². The maximum Gasteiger partial charge on any atom is 0.182 e. The molecule has 0 saturated heterocycles. The van der Waals surface area contributed by atoms with Crippen molar-refractivity contribution < 1.29 is 0 Å². The van der Waals surface area contributed by atoms with Gasteiger partial charge in [-0.1, -0.05) is 31.4 Å². The van der Waals surface area contributed by atoms with Gasteiger partial charge in [-0.05, 0) is 31.2 Å². The highest BCUT2D eigenvalue weighted by molar-refractivity contribution is 7.98. The molecule has 0 bridgehead atoms. The molecular formula is C15H19N3S. The Hall–Kier alpha value is -1.29. The van der Waals surface area contributed by atoms with Crippen LogP contribution in [-0.4, -0.2) is 21.4 Å². The van der Waals surface area contributed by atoms with Gasteiger partial charge >= 0.3 is 0 Å². The van der Waals surface area contributed by atoms with E-state index in [-0.39, 0.29) is 0 Å². The minimum atomic E-state index is 0.580. The lowest BCUT2D eigenvalue weighted by molar-refractivity contribution is 0.429. The van der Waals surface area contributed by atoms with Crippen LogP contribution in [0.4, 0.5) is 0 Å². The number of H-pyrrole nitrogens is 1. The highest BCUT2D eigenvalue weighted by atomic mass is 32.2. The number of nitrogens with one attached hydrogen (secondary N) is 1. The van der Waals surface area contributed by atoms with Crippen molar-refractivity contribution in [2.45, 2.75) is 42.9 Å². The van der Waals surface area contributed by atoms with E-state index in [0.717, 1.165) is 17.2 Å². The number of rotatable bonds is 3. The van der Waals surface area contributed by atoms with Crippen LogP contribution >= 0.6 is 11.8 Å². The molecule has 1 saturated carbocycles. The third-order valence-electron chi connectivity index (χ3n) is 3.84. The number of thioether (sulfide) groups is 1. The molecule has 1 aliphatic rings. The minimum absolute atomic E-state index is 0.580. The van der Waals surface area contributed by atoms with Crippen molar-refractivity contribution in [3.8, 4) is 11.4 Å². The van der Waals surface area contributed by atoms with Crippen LogP contribution in [0.1, 0.15) is 43.8 Å². The highest BCUT2D eigenvalue weighted by Crippen LogP contribution is 2.32. The lowest BCUT2D eigenvalue weighted by Crippen LogP contribution is -2.06. The first-order valence-electron chi connectivity index (χ1n) is 6.94. The van der Waals surface area contributed by atoms with Crippen molar-refractivity contribution in [1.82, 2.24) is 15.2 Å². The van der Waals surface area contributed by atoms with Gasteiger partial charge in [0.25, 0.3) is 0 Å². The third-order valence-corrected chi connectivity index (χ3v) is 4.64. The van der Waals surface area contributed by atoms with E-state index in [9.17, 15) is 0 Å². The number of hydrogen-bond donors (Lipinski definition) is 1. The Morgan fingerprint density at radius 3 is 2.74 bits per heavy atom. The largest absolute Gasteiger partial charge is 0.262 e. The zero-order valence-corrected chi connectivity index (χ0v) is 12.0. The van der Waals surface area contributed by atoms with Gasteiger partial charge < -0.3 is 0 Å². The molecule has 1 fully saturated rings. The predicted molar refractivity (Wildman–Crippen MR) is 79.4 cm³/mol. The van der Waals surface area contributed by atoms with Gasteiger partial charge in [-0.2, -0.15) is 5.10 Å². The summed E-state index contributed by atoms with van der Waals surface area (Å²) in [7, 11) is 0. The number of aromatic amines is 1. The first-order chi connectivity index (χ1) is 9.38. The summed E-state index contributed by atoms with van der Waals surface area (Å²) >= 11 is 1.74. The second-order valence-electron chi connectivity index (χ2n) is 5.08. The first kappa shape index (κ1) is 12.7. The molecule has 1 aromatic carbocycles. The standard InChI is InChI=1S/C15H19N3S/c1-19-13-10-6-5-9-12(13)15-16-14(17-18-15)11-7-3-2-4-8-11/h5-6,9-11H,2-4,7-8H2,1H3,(H,16,17,18). The monoisotopic (exact) mass is 273 g/mol. The molecule has 1 heterocycles. The molecule has 0 radical (unpaired) electrons. The van der Waals surface area contributed by atoms with Crippen molar-refractivity contribution >= 4 is 11.8 Å². The molecule has 0 amide bonds. The molecule has 3 rings (SSSR count). The van der Waals surface area contributed by atoms with Crippen LogP contribution in [0.3, 0.4) is 0 Å². The average Bonchev–Trinajstić information content (AvgIpc) is 2.98. The summed E-state index contributed by atoms with van der Waals surface area (Å²) in [5, 5.41) is 7.58. The van der Waals surface area contributed by atoms with Gasteiger partial charge in [0.05, 0.1) is 0 Å². The summed E-state index contributed by atoms with van der Waals surface area (Å²) in [6, 6.07) is 8.33. The van der Waals surface area contributed by atoms with Crippen LogP contribution < -0.4 is 0 Å². The second kappa shape index (κ2) is 5.78. The summed E-state index contributed by atoms with van der Waals surface area (Å²) in [5.74, 6) is 2.49. The van der Waals surface area contributed by atoms with Gasteiger partial charge in [0, 0.05) is 16.4 Å². The smallest absolute Gasteiger partial charge is 0.182 e. The SMILES string of the molecule is CSc1ccccc1-c1n[nH]c(C2CCCCC2)n1. The van der Waals surface area contributed by atoms with Gasteiger partial charge in [0.15, 0.2) is 5.82 Å². The molecule has 3 nitrogen and oxygen atoms in total. The Bertz CT molecular complexity index is 544. The third kappa shape index (κ3) is 2.68. The van der Waals surface area contributed by atoms with Crippen LogP contribution in [0.2, 0.25) is 0 Å². The Morgan fingerprint density at radius 2 is 1.95 bits per heavy atom. The first-order valence-corrected chi connectivity index (χ1v) is 8.16. The van der Waals surface area contributed by atoms with Crippen LogP contribution in [0.5, 0.6) is 0 Å². The predicted octanol–water partition coefficient (Wildman–Crippen LogP) is 4.24. The lowest BCUT2D eigenvalue weighted by Gasteiger charge is -2.18. The van der Waals surface area contributed by atoms with E-state index in [0.29, 0.717) is 5.92 Å². The molecule has 100 valence electrons. The van der Waals surface area contributed by atoms with E-state index in [2.05, 4.69) is 34.7 Å². The Labute approximate surface area is 118 Å². The number of nitrogens with zero attached hydrogens (tertiary/aromatic N) is 2. The van der Waals surface area contributed by atoms with E-state index in [1.165, 1.54) is 37.0 Å². The molecule has 0 unspecified atom stereocenters. The molecule has 19 heavy (non-hydrogen) atoms. The van der Waals surface area contributed by atoms with Gasteiger partial charge in [-0.25, -0.2) is 4.98 Å². The molecule has 0 aliphatic heterocycles. The molecule has 0 spiro atoms. The maximum atomic E-state index is 4.73. The second-order valence-corrected chi connectivity index (χ2v) is 5.93. The quantitative estimate of drug-likeness (QED) is 0.850. The number of aromatic nitrogens is 3. The zero-order valence-electron chi connectivity index (χ0n) is 11.2. The molecule has 1 N–H and O–H groups in total.